The highest BCUT2D eigenvalue weighted by atomic mass is 16.5. The average molecular weight is 426 g/mol. The third-order valence-electron chi connectivity index (χ3n) is 5.59. The predicted molar refractivity (Wildman–Crippen MR) is 127 cm³/mol. The monoisotopic (exact) mass is 425 g/mol. The fourth-order valence-electron chi connectivity index (χ4n) is 3.68. The van der Waals surface area contributed by atoms with Gasteiger partial charge in [-0.3, -0.25) is 9.89 Å². The SMILES string of the molecule is CN=C(NCc1ccc(N(C)C)cc1)NCC(c1ccc(OC)cc1)N1CCOCC1. The highest BCUT2D eigenvalue weighted by Gasteiger charge is 2.23. The molecule has 1 unspecified atom stereocenters. The van der Waals surface area contributed by atoms with E-state index in [0.717, 1.165) is 51.1 Å². The van der Waals surface area contributed by atoms with Gasteiger partial charge in [0.05, 0.1) is 26.4 Å². The van der Waals surface area contributed by atoms with E-state index in [-0.39, 0.29) is 6.04 Å². The molecular weight excluding hydrogens is 390 g/mol. The molecule has 1 saturated heterocycles. The summed E-state index contributed by atoms with van der Waals surface area (Å²) in [5.74, 6) is 1.67. The number of nitrogens with one attached hydrogen (secondary N) is 2. The Balaban J connectivity index is 1.61. The number of ether oxygens (including phenoxy) is 2. The molecule has 1 heterocycles. The lowest BCUT2D eigenvalue weighted by Gasteiger charge is -2.35. The number of methoxy groups -OCH3 is 1. The van der Waals surface area contributed by atoms with Crippen LogP contribution in [0.3, 0.4) is 0 Å². The van der Waals surface area contributed by atoms with Crippen LogP contribution in [0.15, 0.2) is 53.5 Å². The van der Waals surface area contributed by atoms with Crippen LogP contribution in [0.2, 0.25) is 0 Å². The quantitative estimate of drug-likeness (QED) is 0.501. The van der Waals surface area contributed by atoms with Gasteiger partial charge in [0.1, 0.15) is 5.75 Å². The summed E-state index contributed by atoms with van der Waals surface area (Å²) in [6.45, 7) is 4.85. The first-order valence-electron chi connectivity index (χ1n) is 10.8. The topological polar surface area (TPSA) is 61.4 Å². The van der Waals surface area contributed by atoms with Gasteiger partial charge < -0.3 is 25.0 Å². The van der Waals surface area contributed by atoms with E-state index in [4.69, 9.17) is 9.47 Å². The van der Waals surface area contributed by atoms with Gasteiger partial charge in [0, 0.05) is 53.0 Å². The van der Waals surface area contributed by atoms with Crippen molar-refractivity contribution in [2.45, 2.75) is 12.6 Å². The van der Waals surface area contributed by atoms with Gasteiger partial charge in [0.2, 0.25) is 0 Å². The standard InChI is InChI=1S/C24H35N5O2/c1-25-24(26-17-19-5-9-21(10-6-19)28(2)3)27-18-23(29-13-15-31-16-14-29)20-7-11-22(30-4)12-8-20/h5-12,23H,13-18H2,1-4H3,(H2,25,26,27). The van der Waals surface area contributed by atoms with Crippen LogP contribution in [-0.4, -0.2) is 72.0 Å². The van der Waals surface area contributed by atoms with Crippen molar-refractivity contribution in [3.8, 4) is 5.75 Å². The minimum atomic E-state index is 0.229. The second kappa shape index (κ2) is 11.6. The molecule has 7 heteroatoms. The Labute approximate surface area is 186 Å². The Morgan fingerprint density at radius 2 is 1.74 bits per heavy atom. The zero-order valence-corrected chi connectivity index (χ0v) is 19.1. The van der Waals surface area contributed by atoms with Crippen molar-refractivity contribution >= 4 is 11.6 Å². The number of guanidine groups is 1. The third-order valence-corrected chi connectivity index (χ3v) is 5.59. The van der Waals surface area contributed by atoms with Gasteiger partial charge >= 0.3 is 0 Å². The van der Waals surface area contributed by atoms with Crippen LogP contribution in [0.5, 0.6) is 5.75 Å². The molecule has 2 aromatic rings. The minimum absolute atomic E-state index is 0.229. The van der Waals surface area contributed by atoms with Crippen LogP contribution in [0, 0.1) is 0 Å². The summed E-state index contributed by atoms with van der Waals surface area (Å²) >= 11 is 0. The molecule has 0 aliphatic carbocycles. The van der Waals surface area contributed by atoms with E-state index >= 15 is 0 Å². The van der Waals surface area contributed by atoms with E-state index in [1.165, 1.54) is 16.8 Å². The van der Waals surface area contributed by atoms with Gasteiger partial charge in [-0.25, -0.2) is 0 Å². The number of hydrogen-bond donors (Lipinski definition) is 2. The molecule has 0 amide bonds. The van der Waals surface area contributed by atoms with Crippen molar-refractivity contribution in [1.29, 1.82) is 0 Å². The smallest absolute Gasteiger partial charge is 0.191 e. The molecule has 2 N–H and O–H groups in total. The second-order valence-corrected chi connectivity index (χ2v) is 7.80. The molecule has 0 radical (unpaired) electrons. The lowest BCUT2D eigenvalue weighted by molar-refractivity contribution is 0.0170. The lowest BCUT2D eigenvalue weighted by Crippen LogP contribution is -2.46. The summed E-state index contributed by atoms with van der Waals surface area (Å²) < 4.78 is 10.9. The molecule has 3 rings (SSSR count). The van der Waals surface area contributed by atoms with Crippen LogP contribution in [0.4, 0.5) is 5.69 Å². The summed E-state index contributed by atoms with van der Waals surface area (Å²) in [7, 11) is 7.60. The highest BCUT2D eigenvalue weighted by Crippen LogP contribution is 2.23. The maximum absolute atomic E-state index is 5.56. The largest absolute Gasteiger partial charge is 0.497 e. The number of nitrogens with zero attached hydrogens (tertiary/aromatic N) is 3. The van der Waals surface area contributed by atoms with E-state index in [2.05, 4.69) is 61.8 Å². The number of benzene rings is 2. The van der Waals surface area contributed by atoms with Crippen LogP contribution in [0.1, 0.15) is 17.2 Å². The van der Waals surface area contributed by atoms with Gasteiger partial charge in [-0.1, -0.05) is 24.3 Å². The van der Waals surface area contributed by atoms with Crippen molar-refractivity contribution in [3.05, 3.63) is 59.7 Å². The Hall–Kier alpha value is -2.77. The molecule has 1 aliphatic heterocycles. The minimum Gasteiger partial charge on any atom is -0.497 e. The maximum Gasteiger partial charge on any atom is 0.191 e. The molecule has 1 atom stereocenters. The molecule has 7 nitrogen and oxygen atoms in total. The van der Waals surface area contributed by atoms with Gasteiger partial charge in [0.25, 0.3) is 0 Å². The fourth-order valence-corrected chi connectivity index (χ4v) is 3.68. The van der Waals surface area contributed by atoms with Gasteiger partial charge in [-0.2, -0.15) is 0 Å². The van der Waals surface area contributed by atoms with Crippen LogP contribution in [-0.2, 0) is 11.3 Å². The first kappa shape index (κ1) is 22.9. The summed E-state index contributed by atoms with van der Waals surface area (Å²) in [6, 6.07) is 17.1. The first-order valence-corrected chi connectivity index (χ1v) is 10.8. The Morgan fingerprint density at radius 1 is 1.06 bits per heavy atom. The van der Waals surface area contributed by atoms with E-state index in [9.17, 15) is 0 Å². The molecule has 0 aromatic heterocycles. The summed E-state index contributed by atoms with van der Waals surface area (Å²) in [4.78, 5) is 8.97. The summed E-state index contributed by atoms with van der Waals surface area (Å²) in [5, 5.41) is 6.94. The number of morpholine rings is 1. The predicted octanol–water partition coefficient (Wildman–Crippen LogP) is 2.50. The van der Waals surface area contributed by atoms with E-state index in [0.29, 0.717) is 0 Å². The second-order valence-electron chi connectivity index (χ2n) is 7.80. The molecule has 0 spiro atoms. The molecule has 1 aliphatic rings. The van der Waals surface area contributed by atoms with Crippen LogP contribution >= 0.6 is 0 Å². The van der Waals surface area contributed by atoms with E-state index in [1.54, 1.807) is 7.11 Å². The van der Waals surface area contributed by atoms with Gasteiger partial charge in [-0.05, 0) is 35.4 Å². The Bertz CT molecular complexity index is 815. The summed E-state index contributed by atoms with van der Waals surface area (Å²) in [5.41, 5.74) is 3.66. The third kappa shape index (κ3) is 6.60. The average Bonchev–Trinajstić information content (AvgIpc) is 2.82. The van der Waals surface area contributed by atoms with Crippen molar-refractivity contribution in [2.24, 2.45) is 4.99 Å². The first-order chi connectivity index (χ1) is 15.1. The van der Waals surface area contributed by atoms with Crippen molar-refractivity contribution in [2.75, 3.05) is 66.0 Å². The molecule has 0 bridgehead atoms. The zero-order chi connectivity index (χ0) is 22.1. The maximum atomic E-state index is 5.56. The summed E-state index contributed by atoms with van der Waals surface area (Å²) in [6.07, 6.45) is 0. The Kier molecular flexibility index (Phi) is 8.55. The molecule has 1 fully saturated rings. The molecular formula is C24H35N5O2. The number of rotatable bonds is 8. The highest BCUT2D eigenvalue weighted by molar-refractivity contribution is 5.79. The number of aliphatic imine (C=N–C) groups is 1. The van der Waals surface area contributed by atoms with Crippen molar-refractivity contribution in [3.63, 3.8) is 0 Å². The van der Waals surface area contributed by atoms with Crippen molar-refractivity contribution < 1.29 is 9.47 Å². The van der Waals surface area contributed by atoms with Gasteiger partial charge in [-0.15, -0.1) is 0 Å². The zero-order valence-electron chi connectivity index (χ0n) is 19.1. The van der Waals surface area contributed by atoms with Gasteiger partial charge in [0.15, 0.2) is 5.96 Å². The van der Waals surface area contributed by atoms with E-state index < -0.39 is 0 Å². The van der Waals surface area contributed by atoms with E-state index in [1.807, 2.05) is 33.3 Å². The number of hydrogen-bond acceptors (Lipinski definition) is 5. The fraction of sp³-hybridized carbons (Fsp3) is 0.458. The van der Waals surface area contributed by atoms with Crippen molar-refractivity contribution in [1.82, 2.24) is 15.5 Å². The normalized spacial score (nSPS) is 15.9. The molecule has 168 valence electrons. The van der Waals surface area contributed by atoms with Crippen LogP contribution in [0.25, 0.3) is 0 Å². The Morgan fingerprint density at radius 3 is 2.32 bits per heavy atom. The molecule has 2 aromatic carbocycles. The molecule has 31 heavy (non-hydrogen) atoms. The lowest BCUT2D eigenvalue weighted by atomic mass is 10.0. The molecule has 0 saturated carbocycles. The van der Waals surface area contributed by atoms with Crippen LogP contribution < -0.4 is 20.3 Å². The number of anilines is 1.